The normalized spacial score (nSPS) is 10.3. The number of thiazole rings is 1. The number of ether oxygens (including phenoxy) is 2. The topological polar surface area (TPSA) is 68.7 Å². The molecule has 2 aromatic rings. The Morgan fingerprint density at radius 3 is 2.84 bits per heavy atom. The average Bonchev–Trinajstić information content (AvgIpc) is 2.79. The zero-order chi connectivity index (χ0) is 13.8. The highest BCUT2D eigenvalue weighted by molar-refractivity contribution is 7.15. The number of aldehydes is 1. The van der Waals surface area contributed by atoms with Crippen molar-refractivity contribution in [1.29, 1.82) is 0 Å². The average molecular weight is 300 g/mol. The van der Waals surface area contributed by atoms with Gasteiger partial charge in [-0.05, 0) is 17.7 Å². The molecule has 0 aliphatic rings. The van der Waals surface area contributed by atoms with Crippen LogP contribution in [-0.4, -0.2) is 23.5 Å². The highest BCUT2D eigenvalue weighted by Gasteiger charge is 2.13. The summed E-state index contributed by atoms with van der Waals surface area (Å²) in [6.45, 7) is -0.0883. The van der Waals surface area contributed by atoms with Crippen molar-refractivity contribution >= 4 is 29.2 Å². The van der Waals surface area contributed by atoms with E-state index in [9.17, 15) is 4.79 Å². The first-order chi connectivity index (χ1) is 9.17. The van der Waals surface area contributed by atoms with Gasteiger partial charge in [0.2, 0.25) is 0 Å². The molecule has 7 heteroatoms. The SMILES string of the molecule is COc1cc(CO)ccc1Oc1nc(Cl)c(C=O)s1. The second-order valence-corrected chi connectivity index (χ2v) is 4.85. The molecule has 0 aliphatic heterocycles. The van der Waals surface area contributed by atoms with Gasteiger partial charge in [0, 0.05) is 0 Å². The molecule has 1 aromatic carbocycles. The van der Waals surface area contributed by atoms with Gasteiger partial charge in [-0.15, -0.1) is 0 Å². The summed E-state index contributed by atoms with van der Waals surface area (Å²) >= 11 is 6.80. The van der Waals surface area contributed by atoms with Gasteiger partial charge in [0.15, 0.2) is 22.9 Å². The third-order valence-corrected chi connectivity index (χ3v) is 3.56. The summed E-state index contributed by atoms with van der Waals surface area (Å²) in [5.74, 6) is 0.896. The van der Waals surface area contributed by atoms with E-state index in [2.05, 4.69) is 4.98 Å². The van der Waals surface area contributed by atoms with E-state index < -0.39 is 0 Å². The van der Waals surface area contributed by atoms with Crippen LogP contribution >= 0.6 is 22.9 Å². The molecule has 0 unspecified atom stereocenters. The van der Waals surface area contributed by atoms with Crippen molar-refractivity contribution in [3.63, 3.8) is 0 Å². The number of carbonyl (C=O) groups is 1. The zero-order valence-corrected chi connectivity index (χ0v) is 11.5. The molecule has 0 fully saturated rings. The van der Waals surface area contributed by atoms with E-state index in [0.717, 1.165) is 11.3 Å². The van der Waals surface area contributed by atoms with Crippen LogP contribution in [0.15, 0.2) is 18.2 Å². The number of halogens is 1. The Morgan fingerprint density at radius 2 is 2.26 bits per heavy atom. The number of benzene rings is 1. The Labute approximate surface area is 118 Å². The van der Waals surface area contributed by atoms with E-state index in [1.54, 1.807) is 18.2 Å². The first-order valence-electron chi connectivity index (χ1n) is 5.25. The largest absolute Gasteiger partial charge is 0.493 e. The van der Waals surface area contributed by atoms with Gasteiger partial charge in [-0.2, -0.15) is 4.98 Å². The van der Waals surface area contributed by atoms with Crippen LogP contribution < -0.4 is 9.47 Å². The summed E-state index contributed by atoms with van der Waals surface area (Å²) in [7, 11) is 1.50. The number of nitrogens with zero attached hydrogens (tertiary/aromatic N) is 1. The van der Waals surface area contributed by atoms with Crippen LogP contribution in [0.5, 0.6) is 16.7 Å². The van der Waals surface area contributed by atoms with Gasteiger partial charge in [0.25, 0.3) is 5.19 Å². The molecule has 100 valence electrons. The van der Waals surface area contributed by atoms with Gasteiger partial charge in [-0.25, -0.2) is 0 Å². The molecule has 0 amide bonds. The van der Waals surface area contributed by atoms with Crippen LogP contribution in [-0.2, 0) is 6.61 Å². The summed E-state index contributed by atoms with van der Waals surface area (Å²) < 4.78 is 10.7. The monoisotopic (exact) mass is 299 g/mol. The lowest BCUT2D eigenvalue weighted by molar-refractivity contribution is 0.112. The molecule has 1 N–H and O–H groups in total. The molecule has 0 saturated carbocycles. The van der Waals surface area contributed by atoms with Gasteiger partial charge in [-0.3, -0.25) is 4.79 Å². The van der Waals surface area contributed by atoms with Crippen molar-refractivity contribution in [2.75, 3.05) is 7.11 Å². The lowest BCUT2D eigenvalue weighted by Gasteiger charge is -2.09. The molecule has 5 nitrogen and oxygen atoms in total. The molecule has 19 heavy (non-hydrogen) atoms. The summed E-state index contributed by atoms with van der Waals surface area (Å²) in [6, 6.07) is 5.01. The van der Waals surface area contributed by atoms with Gasteiger partial charge in [0.05, 0.1) is 13.7 Å². The number of aromatic nitrogens is 1. The predicted octanol–water partition coefficient (Wildman–Crippen LogP) is 2.90. The second kappa shape index (κ2) is 6.01. The Balaban J connectivity index is 2.29. The van der Waals surface area contributed by atoms with E-state index >= 15 is 0 Å². The van der Waals surface area contributed by atoms with Crippen molar-refractivity contribution in [3.8, 4) is 16.7 Å². The number of rotatable bonds is 5. The lowest BCUT2D eigenvalue weighted by Crippen LogP contribution is -1.92. The summed E-state index contributed by atoms with van der Waals surface area (Å²) in [5.41, 5.74) is 0.704. The van der Waals surface area contributed by atoms with E-state index in [-0.39, 0.29) is 17.0 Å². The molecule has 0 spiro atoms. The van der Waals surface area contributed by atoms with Crippen molar-refractivity contribution < 1.29 is 19.4 Å². The van der Waals surface area contributed by atoms with Crippen LogP contribution in [0.25, 0.3) is 0 Å². The molecule has 0 radical (unpaired) electrons. The quantitative estimate of drug-likeness (QED) is 0.860. The van der Waals surface area contributed by atoms with Crippen molar-refractivity contribution in [2.45, 2.75) is 6.61 Å². The first kappa shape index (κ1) is 13.8. The fourth-order valence-electron chi connectivity index (χ4n) is 1.40. The Hall–Kier alpha value is -1.63. The standard InChI is InChI=1S/C12H10ClNO4S/c1-17-9-4-7(5-15)2-3-8(9)18-12-14-11(13)10(6-16)19-12/h2-4,6,15H,5H2,1H3. The molecule has 2 rings (SSSR count). The van der Waals surface area contributed by atoms with E-state index in [1.807, 2.05) is 0 Å². The minimum absolute atomic E-state index is 0.0883. The zero-order valence-electron chi connectivity index (χ0n) is 9.92. The third kappa shape index (κ3) is 3.04. The summed E-state index contributed by atoms with van der Waals surface area (Å²) in [6.07, 6.45) is 0.624. The van der Waals surface area contributed by atoms with Crippen molar-refractivity contribution in [3.05, 3.63) is 33.8 Å². The maximum Gasteiger partial charge on any atom is 0.281 e. The first-order valence-corrected chi connectivity index (χ1v) is 6.44. The lowest BCUT2D eigenvalue weighted by atomic mass is 10.2. The van der Waals surface area contributed by atoms with Gasteiger partial charge in [0.1, 0.15) is 4.88 Å². The van der Waals surface area contributed by atoms with Crippen LogP contribution in [0.2, 0.25) is 5.15 Å². The van der Waals surface area contributed by atoms with Crippen LogP contribution in [0.1, 0.15) is 15.2 Å². The maximum atomic E-state index is 10.7. The van der Waals surface area contributed by atoms with Gasteiger partial charge >= 0.3 is 0 Å². The predicted molar refractivity (Wildman–Crippen MR) is 71.5 cm³/mol. The van der Waals surface area contributed by atoms with Crippen LogP contribution in [0, 0.1) is 0 Å². The number of hydrogen-bond donors (Lipinski definition) is 1. The summed E-state index contributed by atoms with van der Waals surface area (Å²) in [5, 5.41) is 9.41. The molecule has 0 atom stereocenters. The number of carbonyl (C=O) groups excluding carboxylic acids is 1. The Morgan fingerprint density at radius 1 is 1.47 bits per heavy atom. The molecule has 0 bridgehead atoms. The van der Waals surface area contributed by atoms with Gasteiger partial charge in [-0.1, -0.05) is 29.0 Å². The molecule has 1 aromatic heterocycles. The fraction of sp³-hybridized carbons (Fsp3) is 0.167. The van der Waals surface area contributed by atoms with E-state index in [1.165, 1.54) is 7.11 Å². The minimum Gasteiger partial charge on any atom is -0.493 e. The van der Waals surface area contributed by atoms with Crippen molar-refractivity contribution in [2.24, 2.45) is 0 Å². The highest BCUT2D eigenvalue weighted by atomic mass is 35.5. The van der Waals surface area contributed by atoms with Crippen molar-refractivity contribution in [1.82, 2.24) is 4.98 Å². The smallest absolute Gasteiger partial charge is 0.281 e. The van der Waals surface area contributed by atoms with Crippen LogP contribution in [0.3, 0.4) is 0 Å². The number of methoxy groups -OCH3 is 1. The van der Waals surface area contributed by atoms with Crippen LogP contribution in [0.4, 0.5) is 0 Å². The third-order valence-electron chi connectivity index (χ3n) is 2.30. The second-order valence-electron chi connectivity index (χ2n) is 3.50. The fourth-order valence-corrected chi connectivity index (χ4v) is 2.32. The molecular weight excluding hydrogens is 290 g/mol. The maximum absolute atomic E-state index is 10.7. The van der Waals surface area contributed by atoms with E-state index in [0.29, 0.717) is 28.2 Å². The minimum atomic E-state index is -0.0883. The molecule has 0 aliphatic carbocycles. The number of aliphatic hydroxyl groups is 1. The molecule has 0 saturated heterocycles. The molecular formula is C12H10ClNO4S. The summed E-state index contributed by atoms with van der Waals surface area (Å²) in [4.78, 5) is 14.9. The number of aliphatic hydroxyl groups excluding tert-OH is 1. The van der Waals surface area contributed by atoms with Gasteiger partial charge < -0.3 is 14.6 Å². The number of hydrogen-bond acceptors (Lipinski definition) is 6. The Kier molecular flexibility index (Phi) is 4.36. The Bertz CT molecular complexity index is 599. The highest BCUT2D eigenvalue weighted by Crippen LogP contribution is 2.36. The molecule has 1 heterocycles. The van der Waals surface area contributed by atoms with E-state index in [4.69, 9.17) is 26.2 Å².